The number of aromatic nitrogens is 2. The highest BCUT2D eigenvalue weighted by atomic mass is 16.5. The summed E-state index contributed by atoms with van der Waals surface area (Å²) in [6, 6.07) is 5.19. The summed E-state index contributed by atoms with van der Waals surface area (Å²) in [5, 5.41) is 14.3. The van der Waals surface area contributed by atoms with Crippen LogP contribution >= 0.6 is 0 Å². The largest absolute Gasteiger partial charge is 0.493 e. The molecule has 0 saturated carbocycles. The number of aromatic hydroxyl groups is 1. The number of aryl methyl sites for hydroxylation is 2. The van der Waals surface area contributed by atoms with Gasteiger partial charge in [-0.3, -0.25) is 19.5 Å². The molecule has 1 aromatic carbocycles. The molecule has 1 saturated heterocycles. The zero-order chi connectivity index (χ0) is 21.0. The summed E-state index contributed by atoms with van der Waals surface area (Å²) in [5.41, 5.74) is 2.84. The number of carbonyl (C=O) groups excluding carboxylic acids is 1. The third-order valence-corrected chi connectivity index (χ3v) is 4.72. The number of amides is 1. The molecular formula is C19H23N5O5. The van der Waals surface area contributed by atoms with E-state index in [4.69, 9.17) is 4.74 Å². The molecular weight excluding hydrogens is 378 g/mol. The number of H-pyrrole nitrogens is 1. The summed E-state index contributed by atoms with van der Waals surface area (Å²) in [6.45, 7) is 6.38. The summed E-state index contributed by atoms with van der Waals surface area (Å²) in [5.74, 6) is -0.922. The maximum Gasteiger partial charge on any atom is 0.335 e. The van der Waals surface area contributed by atoms with Gasteiger partial charge in [0.15, 0.2) is 0 Å². The summed E-state index contributed by atoms with van der Waals surface area (Å²) >= 11 is 0. The minimum absolute atomic E-state index is 0.144. The van der Waals surface area contributed by atoms with Crippen LogP contribution in [-0.2, 0) is 9.53 Å². The van der Waals surface area contributed by atoms with E-state index in [-0.39, 0.29) is 18.0 Å². The number of carbonyl (C=O) groups is 1. The summed E-state index contributed by atoms with van der Waals surface area (Å²) in [6.07, 6.45) is 1.02. The molecule has 10 nitrogen and oxygen atoms in total. The molecule has 1 aromatic heterocycles. The lowest BCUT2D eigenvalue weighted by Crippen LogP contribution is -2.42. The first kappa shape index (κ1) is 20.5. The Balaban J connectivity index is 1.81. The zero-order valence-electron chi connectivity index (χ0n) is 16.3. The Morgan fingerprint density at radius 1 is 1.28 bits per heavy atom. The summed E-state index contributed by atoms with van der Waals surface area (Å²) < 4.78 is 6.20. The van der Waals surface area contributed by atoms with Crippen molar-refractivity contribution >= 4 is 12.1 Å². The van der Waals surface area contributed by atoms with E-state index in [1.165, 1.54) is 0 Å². The molecule has 0 aliphatic carbocycles. The Hall–Kier alpha value is -3.24. The van der Waals surface area contributed by atoms with Gasteiger partial charge in [0.25, 0.3) is 11.5 Å². The van der Waals surface area contributed by atoms with Crippen molar-refractivity contribution in [2.45, 2.75) is 13.8 Å². The van der Waals surface area contributed by atoms with E-state index < -0.39 is 17.1 Å². The van der Waals surface area contributed by atoms with Crippen molar-refractivity contribution in [2.24, 2.45) is 5.10 Å². The molecule has 3 rings (SSSR count). The average molecular weight is 401 g/mol. The zero-order valence-corrected chi connectivity index (χ0v) is 16.3. The molecule has 0 atom stereocenters. The molecule has 1 aliphatic rings. The van der Waals surface area contributed by atoms with E-state index in [2.05, 4.69) is 15.5 Å². The SMILES string of the molecule is Cc1ccc(-n2c(O)c(C=NNC(=O)CN3CCOCC3)c(=O)[nH]c2=O)cc1C. The van der Waals surface area contributed by atoms with Crippen LogP contribution in [0.25, 0.3) is 5.69 Å². The number of hydrogen-bond acceptors (Lipinski definition) is 7. The summed E-state index contributed by atoms with van der Waals surface area (Å²) in [4.78, 5) is 40.4. The Bertz CT molecular complexity index is 1050. The molecule has 1 amide bonds. The second kappa shape index (κ2) is 8.84. The van der Waals surface area contributed by atoms with Gasteiger partial charge in [0.1, 0.15) is 5.56 Å². The molecule has 2 heterocycles. The van der Waals surface area contributed by atoms with Gasteiger partial charge in [-0.2, -0.15) is 5.10 Å². The molecule has 29 heavy (non-hydrogen) atoms. The van der Waals surface area contributed by atoms with E-state index in [1.54, 1.807) is 18.2 Å². The van der Waals surface area contributed by atoms with Crippen LogP contribution in [0.5, 0.6) is 5.88 Å². The predicted octanol–water partition coefficient (Wildman–Crippen LogP) is -0.369. The van der Waals surface area contributed by atoms with Crippen molar-refractivity contribution in [3.05, 3.63) is 55.7 Å². The molecule has 154 valence electrons. The van der Waals surface area contributed by atoms with E-state index in [0.29, 0.717) is 32.0 Å². The number of ether oxygens (including phenoxy) is 1. The van der Waals surface area contributed by atoms with Crippen LogP contribution in [0, 0.1) is 13.8 Å². The van der Waals surface area contributed by atoms with E-state index in [9.17, 15) is 19.5 Å². The lowest BCUT2D eigenvalue weighted by atomic mass is 10.1. The van der Waals surface area contributed by atoms with Crippen molar-refractivity contribution in [3.8, 4) is 11.6 Å². The van der Waals surface area contributed by atoms with Gasteiger partial charge in [-0.05, 0) is 37.1 Å². The van der Waals surface area contributed by atoms with Crippen LogP contribution in [0.3, 0.4) is 0 Å². The Kier molecular flexibility index (Phi) is 6.25. The third kappa shape index (κ3) is 4.79. The number of aromatic amines is 1. The number of hydrogen-bond donors (Lipinski definition) is 3. The standard InChI is InChI=1S/C19H23N5O5/c1-12-3-4-14(9-13(12)2)24-18(27)15(17(26)21-19(24)28)10-20-22-16(25)11-23-5-7-29-8-6-23/h3-4,9-10,27H,5-8,11H2,1-2H3,(H,22,25)(H,21,26,28). The fourth-order valence-corrected chi connectivity index (χ4v) is 2.93. The topological polar surface area (TPSA) is 129 Å². The van der Waals surface area contributed by atoms with E-state index in [0.717, 1.165) is 21.9 Å². The second-order valence-corrected chi connectivity index (χ2v) is 6.78. The number of benzene rings is 1. The highest BCUT2D eigenvalue weighted by Gasteiger charge is 2.16. The van der Waals surface area contributed by atoms with Crippen molar-refractivity contribution < 1.29 is 14.6 Å². The van der Waals surface area contributed by atoms with Crippen molar-refractivity contribution in [1.82, 2.24) is 19.9 Å². The number of nitrogens with zero attached hydrogens (tertiary/aromatic N) is 3. The first-order valence-electron chi connectivity index (χ1n) is 9.14. The van der Waals surface area contributed by atoms with Gasteiger partial charge in [-0.15, -0.1) is 0 Å². The van der Waals surface area contributed by atoms with E-state index >= 15 is 0 Å². The quantitative estimate of drug-likeness (QED) is 0.463. The lowest BCUT2D eigenvalue weighted by molar-refractivity contribution is -0.123. The molecule has 1 aliphatic heterocycles. The first-order valence-corrected chi connectivity index (χ1v) is 9.14. The second-order valence-electron chi connectivity index (χ2n) is 6.78. The molecule has 0 spiro atoms. The highest BCUT2D eigenvalue weighted by Crippen LogP contribution is 2.18. The normalized spacial score (nSPS) is 15.0. The number of nitrogens with one attached hydrogen (secondary N) is 2. The Morgan fingerprint density at radius 2 is 2.00 bits per heavy atom. The van der Waals surface area contributed by atoms with Gasteiger partial charge in [0, 0.05) is 13.1 Å². The van der Waals surface area contributed by atoms with Gasteiger partial charge in [-0.25, -0.2) is 14.8 Å². The fraction of sp³-hybridized carbons (Fsp3) is 0.368. The van der Waals surface area contributed by atoms with Crippen molar-refractivity contribution in [1.29, 1.82) is 0 Å². The number of morpholine rings is 1. The summed E-state index contributed by atoms with van der Waals surface area (Å²) in [7, 11) is 0. The van der Waals surface area contributed by atoms with Crippen LogP contribution in [0.4, 0.5) is 0 Å². The highest BCUT2D eigenvalue weighted by molar-refractivity contribution is 5.84. The van der Waals surface area contributed by atoms with Crippen LogP contribution in [0.15, 0.2) is 32.9 Å². The minimum atomic E-state index is -0.807. The lowest BCUT2D eigenvalue weighted by Gasteiger charge is -2.25. The molecule has 10 heteroatoms. The van der Waals surface area contributed by atoms with Gasteiger partial charge >= 0.3 is 5.69 Å². The smallest absolute Gasteiger partial charge is 0.335 e. The van der Waals surface area contributed by atoms with Crippen LogP contribution < -0.4 is 16.7 Å². The van der Waals surface area contributed by atoms with Crippen molar-refractivity contribution in [2.75, 3.05) is 32.8 Å². The third-order valence-electron chi connectivity index (χ3n) is 4.72. The predicted molar refractivity (Wildman–Crippen MR) is 107 cm³/mol. The number of rotatable bonds is 5. The monoisotopic (exact) mass is 401 g/mol. The van der Waals surface area contributed by atoms with Crippen molar-refractivity contribution in [3.63, 3.8) is 0 Å². The molecule has 3 N–H and O–H groups in total. The van der Waals surface area contributed by atoms with Gasteiger partial charge < -0.3 is 9.84 Å². The van der Waals surface area contributed by atoms with Crippen LogP contribution in [0.1, 0.15) is 16.7 Å². The molecule has 0 unspecified atom stereocenters. The van der Waals surface area contributed by atoms with Gasteiger partial charge in [-0.1, -0.05) is 6.07 Å². The van der Waals surface area contributed by atoms with Gasteiger partial charge in [0.05, 0.1) is 31.7 Å². The fourth-order valence-electron chi connectivity index (χ4n) is 2.93. The Morgan fingerprint density at radius 3 is 2.69 bits per heavy atom. The molecule has 1 fully saturated rings. The minimum Gasteiger partial charge on any atom is -0.493 e. The molecule has 0 radical (unpaired) electrons. The van der Waals surface area contributed by atoms with E-state index in [1.807, 2.05) is 18.7 Å². The number of hydrazone groups is 1. The van der Waals surface area contributed by atoms with Gasteiger partial charge in [0.2, 0.25) is 5.88 Å². The van der Waals surface area contributed by atoms with Crippen LogP contribution in [-0.4, -0.2) is 64.5 Å². The maximum atomic E-state index is 12.2. The molecule has 2 aromatic rings. The first-order chi connectivity index (χ1) is 13.9. The Labute approximate surface area is 166 Å². The average Bonchev–Trinajstić information content (AvgIpc) is 2.68. The maximum absolute atomic E-state index is 12.2. The molecule has 0 bridgehead atoms. The van der Waals surface area contributed by atoms with Crippen LogP contribution in [0.2, 0.25) is 0 Å².